The Morgan fingerprint density at radius 2 is 1.13 bits per heavy atom. The summed E-state index contributed by atoms with van der Waals surface area (Å²) in [5, 5.41) is 1.97. The summed E-state index contributed by atoms with van der Waals surface area (Å²) in [4.78, 5) is 8.80. The van der Waals surface area contributed by atoms with E-state index < -0.39 is 4.99 Å². The van der Waals surface area contributed by atoms with Crippen molar-refractivity contribution >= 4 is 25.3 Å². The van der Waals surface area contributed by atoms with E-state index in [2.05, 4.69) is 35.2 Å². The molecule has 128 valence electrons. The van der Waals surface area contributed by atoms with Gasteiger partial charge >= 0.3 is 0 Å². The lowest BCUT2D eigenvalue weighted by Crippen LogP contribution is -2.19. The number of para-hydroxylation sites is 2. The SMILES string of the molecule is SCCCCCCCCCCCCC1(S)N=c2ccccc2=N1. The zero-order valence-corrected chi connectivity index (χ0v) is 15.9. The first-order valence-corrected chi connectivity index (χ1v) is 10.2. The van der Waals surface area contributed by atoms with E-state index >= 15 is 0 Å². The zero-order chi connectivity index (χ0) is 16.4. The molecule has 0 spiro atoms. The minimum Gasteiger partial charge on any atom is -0.243 e. The van der Waals surface area contributed by atoms with Gasteiger partial charge in [-0.15, -0.1) is 12.6 Å². The molecular weight excluding hydrogens is 320 g/mol. The van der Waals surface area contributed by atoms with Crippen LogP contribution in [0.1, 0.15) is 70.6 Å². The van der Waals surface area contributed by atoms with Crippen LogP contribution in [0, 0.1) is 0 Å². The lowest BCUT2D eigenvalue weighted by atomic mass is 10.1. The Bertz CT molecular complexity index is 536. The number of hydrogen-bond acceptors (Lipinski definition) is 4. The van der Waals surface area contributed by atoms with Gasteiger partial charge < -0.3 is 0 Å². The van der Waals surface area contributed by atoms with Gasteiger partial charge in [-0.05, 0) is 30.7 Å². The van der Waals surface area contributed by atoms with Crippen LogP contribution in [-0.4, -0.2) is 10.7 Å². The van der Waals surface area contributed by atoms with Gasteiger partial charge in [0.05, 0.1) is 10.7 Å². The molecule has 2 rings (SSSR count). The number of fused-ring (bicyclic) bond motifs is 1. The maximum Gasteiger partial charge on any atom is 0.195 e. The van der Waals surface area contributed by atoms with E-state index in [1.54, 1.807) is 0 Å². The molecule has 1 aliphatic rings. The number of benzene rings is 1. The normalized spacial score (nSPS) is 15.0. The van der Waals surface area contributed by atoms with Crippen molar-refractivity contribution in [2.75, 3.05) is 5.75 Å². The molecular formula is C19H30N2S2. The van der Waals surface area contributed by atoms with E-state index in [1.165, 1.54) is 57.8 Å². The van der Waals surface area contributed by atoms with E-state index in [0.29, 0.717) is 0 Å². The van der Waals surface area contributed by atoms with Gasteiger partial charge in [-0.3, -0.25) is 0 Å². The van der Waals surface area contributed by atoms with Gasteiger partial charge in [-0.2, -0.15) is 12.6 Å². The molecule has 0 unspecified atom stereocenters. The number of unbranched alkanes of at least 4 members (excludes halogenated alkanes) is 9. The van der Waals surface area contributed by atoms with Gasteiger partial charge in [-0.25, -0.2) is 9.98 Å². The first-order valence-electron chi connectivity index (χ1n) is 9.12. The van der Waals surface area contributed by atoms with E-state index in [-0.39, 0.29) is 0 Å². The van der Waals surface area contributed by atoms with Crippen molar-refractivity contribution < 1.29 is 0 Å². The predicted molar refractivity (Wildman–Crippen MR) is 105 cm³/mol. The fraction of sp³-hybridized carbons (Fsp3) is 0.684. The quantitative estimate of drug-likeness (QED) is 0.402. The maximum atomic E-state index is 4.69. The summed E-state index contributed by atoms with van der Waals surface area (Å²) in [5.41, 5.74) is 0. The van der Waals surface area contributed by atoms with Crippen molar-refractivity contribution in [2.24, 2.45) is 9.98 Å². The molecule has 1 aromatic carbocycles. The molecule has 0 amide bonds. The molecule has 1 aliphatic heterocycles. The lowest BCUT2D eigenvalue weighted by molar-refractivity contribution is 0.510. The molecule has 0 aromatic heterocycles. The van der Waals surface area contributed by atoms with Crippen molar-refractivity contribution in [3.8, 4) is 0 Å². The van der Waals surface area contributed by atoms with E-state index in [0.717, 1.165) is 29.3 Å². The Labute approximate surface area is 151 Å². The Kier molecular flexibility index (Phi) is 8.52. The summed E-state index contributed by atoms with van der Waals surface area (Å²) in [6.45, 7) is 0. The van der Waals surface area contributed by atoms with Crippen LogP contribution < -0.4 is 10.7 Å². The zero-order valence-electron chi connectivity index (χ0n) is 14.1. The van der Waals surface area contributed by atoms with Crippen LogP contribution in [0.3, 0.4) is 0 Å². The van der Waals surface area contributed by atoms with Crippen molar-refractivity contribution in [2.45, 2.75) is 75.6 Å². The van der Waals surface area contributed by atoms with E-state index in [1.807, 2.05) is 24.3 Å². The lowest BCUT2D eigenvalue weighted by Gasteiger charge is -2.15. The van der Waals surface area contributed by atoms with Crippen molar-refractivity contribution in [3.63, 3.8) is 0 Å². The van der Waals surface area contributed by atoms with Gasteiger partial charge in [0, 0.05) is 6.42 Å². The average Bonchev–Trinajstić information content (AvgIpc) is 2.89. The molecule has 1 aromatic rings. The highest BCUT2D eigenvalue weighted by molar-refractivity contribution is 7.81. The fourth-order valence-corrected chi connectivity index (χ4v) is 3.66. The van der Waals surface area contributed by atoms with E-state index in [9.17, 15) is 0 Å². The summed E-state index contributed by atoms with van der Waals surface area (Å²) in [6, 6.07) is 8.06. The Hall–Kier alpha value is -0.480. The monoisotopic (exact) mass is 350 g/mol. The van der Waals surface area contributed by atoms with Gasteiger partial charge in [0.15, 0.2) is 4.99 Å². The van der Waals surface area contributed by atoms with Crippen molar-refractivity contribution in [1.29, 1.82) is 0 Å². The second-order valence-electron chi connectivity index (χ2n) is 6.50. The predicted octanol–water partition coefficient (Wildman–Crippen LogP) is 4.74. The number of rotatable bonds is 12. The van der Waals surface area contributed by atoms with Crippen LogP contribution in [0.15, 0.2) is 34.3 Å². The van der Waals surface area contributed by atoms with Crippen LogP contribution in [0.2, 0.25) is 0 Å². The molecule has 0 aliphatic carbocycles. The first kappa shape index (κ1) is 18.9. The first-order chi connectivity index (χ1) is 11.2. The van der Waals surface area contributed by atoms with Crippen LogP contribution in [-0.2, 0) is 0 Å². The molecule has 0 N–H and O–H groups in total. The van der Waals surface area contributed by atoms with Crippen LogP contribution in [0.4, 0.5) is 0 Å². The molecule has 0 atom stereocenters. The average molecular weight is 351 g/mol. The number of hydrogen-bond donors (Lipinski definition) is 2. The van der Waals surface area contributed by atoms with Crippen molar-refractivity contribution in [1.82, 2.24) is 0 Å². The third-order valence-corrected chi connectivity index (χ3v) is 5.14. The summed E-state index contributed by atoms with van der Waals surface area (Å²) >= 11 is 8.93. The largest absolute Gasteiger partial charge is 0.243 e. The minimum atomic E-state index is -0.517. The Balaban J connectivity index is 1.51. The van der Waals surface area contributed by atoms with Crippen molar-refractivity contribution in [3.05, 3.63) is 35.0 Å². The third-order valence-electron chi connectivity index (χ3n) is 4.40. The second-order valence-corrected chi connectivity index (χ2v) is 7.66. The molecule has 0 bridgehead atoms. The molecule has 0 saturated carbocycles. The highest BCUT2D eigenvalue weighted by atomic mass is 32.1. The summed E-state index contributed by atoms with van der Waals surface area (Å²) in [7, 11) is 0. The highest BCUT2D eigenvalue weighted by Gasteiger charge is 2.25. The number of thiol groups is 2. The fourth-order valence-electron chi connectivity index (χ4n) is 3.06. The van der Waals surface area contributed by atoms with Crippen LogP contribution >= 0.6 is 25.3 Å². The van der Waals surface area contributed by atoms with E-state index in [4.69, 9.17) is 0 Å². The second kappa shape index (κ2) is 10.4. The summed E-state index contributed by atoms with van der Waals surface area (Å²) in [5.74, 6) is 1.04. The third kappa shape index (κ3) is 6.88. The van der Waals surface area contributed by atoms with Crippen LogP contribution in [0.5, 0.6) is 0 Å². The number of nitrogens with zero attached hydrogens (tertiary/aromatic N) is 2. The van der Waals surface area contributed by atoms with Gasteiger partial charge in [0.1, 0.15) is 0 Å². The Morgan fingerprint density at radius 3 is 1.61 bits per heavy atom. The van der Waals surface area contributed by atoms with Gasteiger partial charge in [0.2, 0.25) is 0 Å². The summed E-state index contributed by atoms with van der Waals surface area (Å²) < 4.78 is 0. The van der Waals surface area contributed by atoms with Gasteiger partial charge in [-0.1, -0.05) is 63.5 Å². The smallest absolute Gasteiger partial charge is 0.195 e. The summed E-state index contributed by atoms with van der Waals surface area (Å²) in [6.07, 6.45) is 14.2. The Morgan fingerprint density at radius 1 is 0.696 bits per heavy atom. The molecule has 0 radical (unpaired) electrons. The minimum absolute atomic E-state index is 0.517. The highest BCUT2D eigenvalue weighted by Crippen LogP contribution is 2.26. The molecule has 0 fully saturated rings. The molecule has 0 saturated heterocycles. The van der Waals surface area contributed by atoms with Gasteiger partial charge in [0.25, 0.3) is 0 Å². The maximum absolute atomic E-state index is 4.69. The topological polar surface area (TPSA) is 24.7 Å². The van der Waals surface area contributed by atoms with Crippen LogP contribution in [0.25, 0.3) is 0 Å². The standard InChI is InChI=1S/C19H30N2S2/c22-16-12-8-6-4-2-1-3-5-7-11-15-19(23)20-17-13-9-10-14-18(17)21-19/h9-10,13-14,22-23H,1-8,11-12,15-16H2. The molecule has 23 heavy (non-hydrogen) atoms. The molecule has 4 heteroatoms. The molecule has 2 nitrogen and oxygen atoms in total. The molecule has 1 heterocycles.